The number of methoxy groups -OCH3 is 1. The highest BCUT2D eigenvalue weighted by Crippen LogP contribution is 2.17. The van der Waals surface area contributed by atoms with Crippen LogP contribution in [0.3, 0.4) is 0 Å². The molecular formula is C12H17NO5S. The number of benzene rings is 1. The number of nitrogens with one attached hydrogen (secondary N) is 1. The number of carboxylic acid groups (broad SMARTS) is 1. The number of ether oxygens (including phenoxy) is 1. The second-order valence-electron chi connectivity index (χ2n) is 4.09. The number of sulfonamides is 1. The maximum atomic E-state index is 11.8. The average Bonchev–Trinajstić information content (AvgIpc) is 2.36. The number of hydrogen-bond donors (Lipinski definition) is 2. The largest absolute Gasteiger partial charge is 0.480 e. The number of hydrogen-bond acceptors (Lipinski definition) is 4. The van der Waals surface area contributed by atoms with Crippen LogP contribution in [0.1, 0.15) is 18.6 Å². The van der Waals surface area contributed by atoms with Crippen LogP contribution in [0.5, 0.6) is 0 Å². The first-order valence-electron chi connectivity index (χ1n) is 5.66. The van der Waals surface area contributed by atoms with Gasteiger partial charge in [0.1, 0.15) is 6.04 Å². The van der Waals surface area contributed by atoms with E-state index in [1.54, 1.807) is 24.3 Å². The number of aliphatic carboxylic acids is 1. The highest BCUT2D eigenvalue weighted by Gasteiger charge is 2.24. The second kappa shape index (κ2) is 6.65. The maximum absolute atomic E-state index is 11.8. The Morgan fingerprint density at radius 1 is 1.37 bits per heavy atom. The molecule has 7 heteroatoms. The molecule has 1 unspecified atom stereocenters. The van der Waals surface area contributed by atoms with Crippen molar-refractivity contribution in [1.82, 2.24) is 4.72 Å². The van der Waals surface area contributed by atoms with E-state index in [1.807, 2.05) is 6.07 Å². The SMILES string of the molecule is COC(CS(=O)(=O)N[C@@H](C)C(=O)O)c1ccccc1. The summed E-state index contributed by atoms with van der Waals surface area (Å²) < 4.78 is 30.9. The lowest BCUT2D eigenvalue weighted by molar-refractivity contribution is -0.138. The minimum absolute atomic E-state index is 0.328. The topological polar surface area (TPSA) is 92.7 Å². The van der Waals surface area contributed by atoms with Crippen LogP contribution >= 0.6 is 0 Å². The van der Waals surface area contributed by atoms with E-state index in [0.717, 1.165) is 5.56 Å². The Morgan fingerprint density at radius 3 is 2.42 bits per heavy atom. The van der Waals surface area contributed by atoms with Gasteiger partial charge in [0.15, 0.2) is 0 Å². The molecule has 0 aromatic heterocycles. The number of rotatable bonds is 7. The molecule has 19 heavy (non-hydrogen) atoms. The molecule has 6 nitrogen and oxygen atoms in total. The van der Waals surface area contributed by atoms with Gasteiger partial charge in [0.2, 0.25) is 10.0 Å². The van der Waals surface area contributed by atoms with Gasteiger partial charge in [-0.15, -0.1) is 0 Å². The monoisotopic (exact) mass is 287 g/mol. The quantitative estimate of drug-likeness (QED) is 0.772. The highest BCUT2D eigenvalue weighted by molar-refractivity contribution is 7.89. The zero-order valence-corrected chi connectivity index (χ0v) is 11.6. The molecule has 0 amide bonds. The van der Waals surface area contributed by atoms with Crippen molar-refractivity contribution in [2.24, 2.45) is 0 Å². The van der Waals surface area contributed by atoms with Crippen molar-refractivity contribution in [3.63, 3.8) is 0 Å². The minimum Gasteiger partial charge on any atom is -0.480 e. The highest BCUT2D eigenvalue weighted by atomic mass is 32.2. The summed E-state index contributed by atoms with van der Waals surface area (Å²) in [5, 5.41) is 8.70. The van der Waals surface area contributed by atoms with E-state index in [1.165, 1.54) is 14.0 Å². The van der Waals surface area contributed by atoms with Gasteiger partial charge in [-0.1, -0.05) is 30.3 Å². The molecule has 1 rings (SSSR count). The summed E-state index contributed by atoms with van der Waals surface area (Å²) in [6.45, 7) is 1.27. The lowest BCUT2D eigenvalue weighted by Gasteiger charge is -2.17. The van der Waals surface area contributed by atoms with Crippen molar-refractivity contribution >= 4 is 16.0 Å². The summed E-state index contributed by atoms with van der Waals surface area (Å²) in [4.78, 5) is 10.6. The van der Waals surface area contributed by atoms with Gasteiger partial charge in [-0.3, -0.25) is 4.79 Å². The molecule has 0 aliphatic rings. The van der Waals surface area contributed by atoms with Crippen LogP contribution in [-0.4, -0.2) is 38.4 Å². The van der Waals surface area contributed by atoms with Crippen LogP contribution in [0.15, 0.2) is 30.3 Å². The van der Waals surface area contributed by atoms with Crippen molar-refractivity contribution in [3.8, 4) is 0 Å². The van der Waals surface area contributed by atoms with E-state index >= 15 is 0 Å². The van der Waals surface area contributed by atoms with E-state index in [2.05, 4.69) is 4.72 Å². The van der Waals surface area contributed by atoms with Gasteiger partial charge >= 0.3 is 5.97 Å². The van der Waals surface area contributed by atoms with Gasteiger partial charge in [0, 0.05) is 7.11 Å². The third kappa shape index (κ3) is 4.98. The van der Waals surface area contributed by atoms with E-state index in [-0.39, 0.29) is 5.75 Å². The lowest BCUT2D eigenvalue weighted by Crippen LogP contribution is -2.40. The zero-order chi connectivity index (χ0) is 14.5. The van der Waals surface area contributed by atoms with Crippen molar-refractivity contribution in [2.45, 2.75) is 19.1 Å². The van der Waals surface area contributed by atoms with Crippen LogP contribution < -0.4 is 4.72 Å². The molecule has 1 aromatic rings. The molecule has 0 heterocycles. The Bertz CT molecular complexity index is 514. The molecule has 106 valence electrons. The first-order chi connectivity index (χ1) is 8.85. The summed E-state index contributed by atoms with van der Waals surface area (Å²) in [6.07, 6.45) is -0.639. The molecule has 2 N–H and O–H groups in total. The normalized spacial score (nSPS) is 14.8. The summed E-state index contributed by atoms with van der Waals surface area (Å²) in [5.74, 6) is -1.55. The fraction of sp³-hybridized carbons (Fsp3) is 0.417. The summed E-state index contributed by atoms with van der Waals surface area (Å²) in [7, 11) is -2.33. The Labute approximate surface area is 112 Å². The van der Waals surface area contributed by atoms with Gasteiger partial charge in [0.05, 0.1) is 11.9 Å². The standard InChI is InChI=1S/C12H17NO5S/c1-9(12(14)15)13-19(16,17)8-11(18-2)10-6-4-3-5-7-10/h3-7,9,11,13H,8H2,1-2H3,(H,14,15)/t9-,11?/m0/s1. The first kappa shape index (κ1) is 15.6. The zero-order valence-electron chi connectivity index (χ0n) is 10.7. The maximum Gasteiger partial charge on any atom is 0.321 e. The molecule has 0 aliphatic heterocycles. The average molecular weight is 287 g/mol. The molecule has 0 fully saturated rings. The second-order valence-corrected chi connectivity index (χ2v) is 5.89. The van der Waals surface area contributed by atoms with E-state index in [9.17, 15) is 13.2 Å². The molecule has 1 aromatic carbocycles. The molecule has 2 atom stereocenters. The van der Waals surface area contributed by atoms with E-state index in [4.69, 9.17) is 9.84 Å². The lowest BCUT2D eigenvalue weighted by atomic mass is 10.1. The van der Waals surface area contributed by atoms with Gasteiger partial charge in [-0.2, -0.15) is 0 Å². The fourth-order valence-corrected chi connectivity index (χ4v) is 3.00. The third-order valence-electron chi connectivity index (χ3n) is 2.55. The Hall–Kier alpha value is -1.44. The van der Waals surface area contributed by atoms with Crippen LogP contribution in [0, 0.1) is 0 Å². The van der Waals surface area contributed by atoms with Gasteiger partial charge < -0.3 is 9.84 Å². The fourth-order valence-electron chi connectivity index (χ4n) is 1.54. The Balaban J connectivity index is 2.78. The van der Waals surface area contributed by atoms with E-state index < -0.39 is 28.1 Å². The van der Waals surface area contributed by atoms with Crippen molar-refractivity contribution in [1.29, 1.82) is 0 Å². The first-order valence-corrected chi connectivity index (χ1v) is 7.31. The van der Waals surface area contributed by atoms with Gasteiger partial charge in [-0.25, -0.2) is 13.1 Å². The van der Waals surface area contributed by atoms with Gasteiger partial charge in [0.25, 0.3) is 0 Å². The minimum atomic E-state index is -3.74. The van der Waals surface area contributed by atoms with Crippen molar-refractivity contribution < 1.29 is 23.1 Å². The van der Waals surface area contributed by atoms with Crippen LogP contribution in [0.4, 0.5) is 0 Å². The Morgan fingerprint density at radius 2 is 1.95 bits per heavy atom. The predicted octanol–water partition coefficient (Wildman–Crippen LogP) is 0.767. The van der Waals surface area contributed by atoms with E-state index in [0.29, 0.717) is 0 Å². The number of carboxylic acids is 1. The molecule has 0 bridgehead atoms. The van der Waals surface area contributed by atoms with Crippen LogP contribution in [-0.2, 0) is 19.6 Å². The summed E-state index contributed by atoms with van der Waals surface area (Å²) in [5.41, 5.74) is 0.721. The van der Waals surface area contributed by atoms with Crippen LogP contribution in [0.25, 0.3) is 0 Å². The molecule has 0 saturated carbocycles. The van der Waals surface area contributed by atoms with Crippen molar-refractivity contribution in [2.75, 3.05) is 12.9 Å². The molecule has 0 aliphatic carbocycles. The molecule has 0 radical (unpaired) electrons. The molecule has 0 spiro atoms. The van der Waals surface area contributed by atoms with Gasteiger partial charge in [-0.05, 0) is 12.5 Å². The number of carbonyl (C=O) groups is 1. The molecular weight excluding hydrogens is 270 g/mol. The smallest absolute Gasteiger partial charge is 0.321 e. The summed E-state index contributed by atoms with van der Waals surface area (Å²) >= 11 is 0. The third-order valence-corrected chi connectivity index (χ3v) is 4.01. The van der Waals surface area contributed by atoms with Crippen LogP contribution in [0.2, 0.25) is 0 Å². The van der Waals surface area contributed by atoms with Crippen molar-refractivity contribution in [3.05, 3.63) is 35.9 Å². The predicted molar refractivity (Wildman–Crippen MR) is 70.2 cm³/mol. The molecule has 0 saturated heterocycles. The Kier molecular flexibility index (Phi) is 5.46. The summed E-state index contributed by atoms with van der Waals surface area (Å²) in [6, 6.07) is 7.71.